The van der Waals surface area contributed by atoms with Crippen molar-refractivity contribution in [3.8, 4) is 5.75 Å². The van der Waals surface area contributed by atoms with Crippen molar-refractivity contribution in [2.45, 2.75) is 12.6 Å². The smallest absolute Gasteiger partial charge is 0.187 e. The van der Waals surface area contributed by atoms with Gasteiger partial charge in [0.25, 0.3) is 0 Å². The van der Waals surface area contributed by atoms with Crippen LogP contribution in [-0.4, -0.2) is 19.3 Å². The van der Waals surface area contributed by atoms with Gasteiger partial charge in [-0.1, -0.05) is 11.6 Å². The third-order valence-corrected chi connectivity index (χ3v) is 2.64. The Hall–Kier alpha value is -0.810. The number of phenolic OH excluding ortho intramolecular Hbond substituents is 1. The number of halogens is 1. The second-order valence-electron chi connectivity index (χ2n) is 3.20. The van der Waals surface area contributed by atoms with Crippen molar-refractivity contribution in [3.63, 3.8) is 0 Å². The van der Waals surface area contributed by atoms with Gasteiger partial charge in [0.2, 0.25) is 0 Å². The average Bonchev–Trinajstić information content (AvgIpc) is 2.56. The Balaban J connectivity index is 2.49. The SMILES string of the molecule is COC1OC(OC)c2cc(Cl)c(O)cc21. The minimum atomic E-state index is -0.520. The van der Waals surface area contributed by atoms with E-state index in [-0.39, 0.29) is 10.8 Å². The molecule has 1 aromatic rings. The Labute approximate surface area is 92.3 Å². The first-order chi connectivity index (χ1) is 7.17. The highest BCUT2D eigenvalue weighted by atomic mass is 35.5. The van der Waals surface area contributed by atoms with Gasteiger partial charge in [0, 0.05) is 25.3 Å². The molecule has 15 heavy (non-hydrogen) atoms. The molecule has 0 aliphatic carbocycles. The number of fused-ring (bicyclic) bond motifs is 1. The zero-order chi connectivity index (χ0) is 11.0. The normalized spacial score (nSPS) is 24.2. The van der Waals surface area contributed by atoms with Crippen LogP contribution in [-0.2, 0) is 14.2 Å². The van der Waals surface area contributed by atoms with E-state index in [4.69, 9.17) is 25.8 Å². The molecule has 0 amide bonds. The summed E-state index contributed by atoms with van der Waals surface area (Å²) in [6.45, 7) is 0. The average molecular weight is 231 g/mol. The van der Waals surface area contributed by atoms with Crippen LogP contribution < -0.4 is 0 Å². The van der Waals surface area contributed by atoms with E-state index in [1.807, 2.05) is 0 Å². The Morgan fingerprint density at radius 2 is 1.73 bits per heavy atom. The third kappa shape index (κ3) is 1.70. The fraction of sp³-hybridized carbons (Fsp3) is 0.400. The second-order valence-corrected chi connectivity index (χ2v) is 3.61. The molecule has 5 heteroatoms. The molecule has 0 bridgehead atoms. The molecule has 4 nitrogen and oxygen atoms in total. The zero-order valence-electron chi connectivity index (χ0n) is 8.36. The molecule has 1 aliphatic heterocycles. The Kier molecular flexibility index (Phi) is 2.84. The van der Waals surface area contributed by atoms with E-state index in [2.05, 4.69) is 0 Å². The zero-order valence-corrected chi connectivity index (χ0v) is 9.12. The molecule has 1 heterocycles. The third-order valence-electron chi connectivity index (χ3n) is 2.34. The summed E-state index contributed by atoms with van der Waals surface area (Å²) >= 11 is 5.80. The lowest BCUT2D eigenvalue weighted by Gasteiger charge is -2.10. The summed E-state index contributed by atoms with van der Waals surface area (Å²) in [4.78, 5) is 0. The Morgan fingerprint density at radius 1 is 1.20 bits per heavy atom. The lowest BCUT2D eigenvalue weighted by Crippen LogP contribution is -2.01. The number of ether oxygens (including phenoxy) is 3. The molecule has 2 unspecified atom stereocenters. The van der Waals surface area contributed by atoms with E-state index in [1.54, 1.807) is 6.07 Å². The lowest BCUT2D eigenvalue weighted by atomic mass is 10.1. The van der Waals surface area contributed by atoms with E-state index < -0.39 is 12.6 Å². The van der Waals surface area contributed by atoms with Crippen molar-refractivity contribution in [2.24, 2.45) is 0 Å². The van der Waals surface area contributed by atoms with Crippen molar-refractivity contribution in [2.75, 3.05) is 14.2 Å². The van der Waals surface area contributed by atoms with Gasteiger partial charge in [-0.2, -0.15) is 0 Å². The van der Waals surface area contributed by atoms with Crippen LogP contribution in [0.3, 0.4) is 0 Å². The number of benzene rings is 1. The molecule has 0 radical (unpaired) electrons. The summed E-state index contributed by atoms with van der Waals surface area (Å²) in [5, 5.41) is 9.75. The summed E-state index contributed by atoms with van der Waals surface area (Å²) in [6, 6.07) is 3.16. The highest BCUT2D eigenvalue weighted by Gasteiger charge is 2.33. The molecular formula is C10H11ClO4. The first-order valence-corrected chi connectivity index (χ1v) is 4.78. The minimum Gasteiger partial charge on any atom is -0.506 e. The predicted octanol–water partition coefficient (Wildman–Crippen LogP) is 2.37. The molecule has 0 saturated carbocycles. The molecule has 0 fully saturated rings. The fourth-order valence-electron chi connectivity index (χ4n) is 1.63. The van der Waals surface area contributed by atoms with E-state index in [0.717, 1.165) is 11.1 Å². The Bertz CT molecular complexity index is 345. The Morgan fingerprint density at radius 3 is 2.27 bits per heavy atom. The maximum absolute atomic E-state index is 9.47. The van der Waals surface area contributed by atoms with E-state index in [9.17, 15) is 5.11 Å². The number of hydrogen-bond acceptors (Lipinski definition) is 4. The van der Waals surface area contributed by atoms with Gasteiger partial charge >= 0.3 is 0 Å². The quantitative estimate of drug-likeness (QED) is 0.847. The van der Waals surface area contributed by atoms with Crippen molar-refractivity contribution in [1.29, 1.82) is 0 Å². The highest BCUT2D eigenvalue weighted by molar-refractivity contribution is 6.32. The molecule has 2 atom stereocenters. The van der Waals surface area contributed by atoms with Crippen LogP contribution >= 0.6 is 11.6 Å². The number of hydrogen-bond donors (Lipinski definition) is 1. The van der Waals surface area contributed by atoms with Crippen LogP contribution in [0.15, 0.2) is 12.1 Å². The molecule has 0 spiro atoms. The number of rotatable bonds is 2. The van der Waals surface area contributed by atoms with E-state index in [1.165, 1.54) is 20.3 Å². The van der Waals surface area contributed by atoms with Gasteiger partial charge in [-0.25, -0.2) is 0 Å². The second kappa shape index (κ2) is 3.98. The van der Waals surface area contributed by atoms with Gasteiger partial charge in [-0.3, -0.25) is 0 Å². The summed E-state index contributed by atoms with van der Waals surface area (Å²) in [6.07, 6.45) is -1.02. The molecular weight excluding hydrogens is 220 g/mol. The maximum atomic E-state index is 9.47. The molecule has 0 saturated heterocycles. The lowest BCUT2D eigenvalue weighted by molar-refractivity contribution is -0.217. The van der Waals surface area contributed by atoms with E-state index >= 15 is 0 Å². The predicted molar refractivity (Wildman–Crippen MR) is 53.7 cm³/mol. The van der Waals surface area contributed by atoms with Gasteiger partial charge in [-0.05, 0) is 12.1 Å². The summed E-state index contributed by atoms with van der Waals surface area (Å²) in [5.74, 6) is 0.0119. The van der Waals surface area contributed by atoms with Gasteiger partial charge in [0.1, 0.15) is 5.75 Å². The van der Waals surface area contributed by atoms with Gasteiger partial charge < -0.3 is 19.3 Å². The maximum Gasteiger partial charge on any atom is 0.187 e. The molecule has 1 N–H and O–H groups in total. The van der Waals surface area contributed by atoms with Crippen LogP contribution in [0.25, 0.3) is 0 Å². The van der Waals surface area contributed by atoms with Crippen LogP contribution in [0.1, 0.15) is 23.7 Å². The van der Waals surface area contributed by atoms with Crippen LogP contribution in [0.5, 0.6) is 5.75 Å². The monoisotopic (exact) mass is 230 g/mol. The summed E-state index contributed by atoms with van der Waals surface area (Å²) < 4.78 is 15.7. The molecule has 2 rings (SSSR count). The van der Waals surface area contributed by atoms with Crippen LogP contribution in [0.2, 0.25) is 5.02 Å². The molecule has 0 aromatic heterocycles. The molecule has 1 aliphatic rings. The standard InChI is InChI=1S/C10H11ClO4/c1-13-9-5-3-7(11)8(12)4-6(5)10(14-2)15-9/h3-4,9-10,12H,1-2H3. The van der Waals surface area contributed by atoms with Crippen molar-refractivity contribution in [3.05, 3.63) is 28.3 Å². The van der Waals surface area contributed by atoms with Crippen molar-refractivity contribution < 1.29 is 19.3 Å². The van der Waals surface area contributed by atoms with Gasteiger partial charge in [0.15, 0.2) is 12.6 Å². The highest BCUT2D eigenvalue weighted by Crippen LogP contribution is 2.43. The van der Waals surface area contributed by atoms with Gasteiger partial charge in [-0.15, -0.1) is 0 Å². The summed E-state index contributed by atoms with van der Waals surface area (Å²) in [7, 11) is 3.06. The largest absolute Gasteiger partial charge is 0.506 e. The van der Waals surface area contributed by atoms with Gasteiger partial charge in [0.05, 0.1) is 5.02 Å². The number of phenols is 1. The minimum absolute atomic E-state index is 0.0119. The number of aromatic hydroxyl groups is 1. The van der Waals surface area contributed by atoms with Crippen molar-refractivity contribution in [1.82, 2.24) is 0 Å². The van der Waals surface area contributed by atoms with Crippen LogP contribution in [0.4, 0.5) is 0 Å². The van der Waals surface area contributed by atoms with E-state index in [0.29, 0.717) is 0 Å². The first-order valence-electron chi connectivity index (χ1n) is 4.40. The molecule has 1 aromatic carbocycles. The van der Waals surface area contributed by atoms with Crippen molar-refractivity contribution >= 4 is 11.6 Å². The number of methoxy groups -OCH3 is 2. The molecule has 82 valence electrons. The summed E-state index contributed by atoms with van der Waals surface area (Å²) in [5.41, 5.74) is 1.53. The fourth-order valence-corrected chi connectivity index (χ4v) is 1.80. The topological polar surface area (TPSA) is 47.9 Å². The van der Waals surface area contributed by atoms with Crippen LogP contribution in [0, 0.1) is 0 Å². The first kappa shape index (κ1) is 10.7.